The van der Waals surface area contributed by atoms with Gasteiger partial charge in [0.15, 0.2) is 11.6 Å². The van der Waals surface area contributed by atoms with Crippen LogP contribution in [0.5, 0.6) is 0 Å². The van der Waals surface area contributed by atoms with E-state index in [1.807, 2.05) is 52.0 Å². The van der Waals surface area contributed by atoms with Crippen molar-refractivity contribution in [3.63, 3.8) is 0 Å². The molecular weight excluding hydrogens is 428 g/mol. The number of hydrogen-bond donors (Lipinski definition) is 2. The average molecular weight is 458 g/mol. The van der Waals surface area contributed by atoms with Crippen LogP contribution in [0.4, 0.5) is 14.5 Å². The zero-order chi connectivity index (χ0) is 25.0. The van der Waals surface area contributed by atoms with Crippen LogP contribution in [0.15, 0.2) is 72.9 Å². The Morgan fingerprint density at radius 1 is 0.853 bits per heavy atom. The highest BCUT2D eigenvalue weighted by Gasteiger charge is 2.14. The minimum atomic E-state index is -0.882. The second-order valence-electron chi connectivity index (χ2n) is 8.23. The molecule has 0 aromatic heterocycles. The third-order valence-corrected chi connectivity index (χ3v) is 5.69. The third-order valence-electron chi connectivity index (χ3n) is 5.69. The number of hydrazone groups is 1. The monoisotopic (exact) mass is 457 g/mol. The highest BCUT2D eigenvalue weighted by Crippen LogP contribution is 2.32. The highest BCUT2D eigenvalue weighted by atomic mass is 19.2. The fraction of sp³-hybridized carbons (Fsp3) is 0.138. The largest absolute Gasteiger partial charge is 0.355 e. The van der Waals surface area contributed by atoms with Crippen LogP contribution in [0.2, 0.25) is 0 Å². The first-order chi connectivity index (χ1) is 16.2. The Labute approximate surface area is 200 Å². The molecule has 3 aromatic rings. The Bertz CT molecular complexity index is 1320. The van der Waals surface area contributed by atoms with E-state index < -0.39 is 11.6 Å². The number of halogens is 2. The standard InChI is InChI=1S/C29H29F2N3/c1-8-28(34-32-7)24-13-19(5)29(14-18(24)4)33-20(6)25-15-21(9-11-23(25)17(2)3)22-10-12-26(30)27(31)16-22/h8-16,33-34H,2,6-7H2,1,3-5H3/b28-8-. The van der Waals surface area contributed by atoms with Gasteiger partial charge in [-0.15, -0.1) is 0 Å². The smallest absolute Gasteiger partial charge is 0.159 e. The molecule has 3 aromatic carbocycles. The molecule has 0 unspecified atom stereocenters. The molecule has 0 spiro atoms. The van der Waals surface area contributed by atoms with Crippen LogP contribution in [-0.2, 0) is 0 Å². The molecule has 174 valence electrons. The SMILES string of the molecule is C=NN/C(=C\C)c1cc(C)c(NC(=C)c2cc(-c3ccc(F)c(F)c3)ccc2C(=C)C)cc1C. The van der Waals surface area contributed by atoms with Gasteiger partial charge in [-0.25, -0.2) is 8.78 Å². The summed E-state index contributed by atoms with van der Waals surface area (Å²) in [7, 11) is 0. The van der Waals surface area contributed by atoms with Gasteiger partial charge in [-0.2, -0.15) is 5.10 Å². The van der Waals surface area contributed by atoms with Crippen LogP contribution in [0, 0.1) is 25.5 Å². The van der Waals surface area contributed by atoms with Crippen LogP contribution in [-0.4, -0.2) is 6.72 Å². The molecule has 2 N–H and O–H groups in total. The second-order valence-corrected chi connectivity index (χ2v) is 8.23. The maximum atomic E-state index is 13.8. The van der Waals surface area contributed by atoms with Crippen molar-refractivity contribution < 1.29 is 8.78 Å². The Morgan fingerprint density at radius 3 is 2.15 bits per heavy atom. The number of nitrogens with one attached hydrogen (secondary N) is 2. The van der Waals surface area contributed by atoms with Crippen molar-refractivity contribution >= 4 is 29.4 Å². The zero-order valence-corrected chi connectivity index (χ0v) is 20.0. The number of nitrogens with zero attached hydrogens (tertiary/aromatic N) is 1. The first kappa shape index (κ1) is 24.6. The Hall–Kier alpha value is -3.99. The van der Waals surface area contributed by atoms with Gasteiger partial charge in [0.1, 0.15) is 0 Å². The van der Waals surface area contributed by atoms with Crippen molar-refractivity contribution in [2.24, 2.45) is 5.10 Å². The number of aryl methyl sites for hydroxylation is 2. The zero-order valence-electron chi connectivity index (χ0n) is 20.0. The summed E-state index contributed by atoms with van der Waals surface area (Å²) in [4.78, 5) is 0. The van der Waals surface area contributed by atoms with E-state index in [2.05, 4.69) is 47.9 Å². The highest BCUT2D eigenvalue weighted by molar-refractivity contribution is 5.86. The van der Waals surface area contributed by atoms with Gasteiger partial charge < -0.3 is 5.32 Å². The summed E-state index contributed by atoms with van der Waals surface area (Å²) in [6.45, 7) is 19.8. The lowest BCUT2D eigenvalue weighted by atomic mass is 9.94. The minimum absolute atomic E-state index is 0.583. The van der Waals surface area contributed by atoms with Crippen molar-refractivity contribution in [3.05, 3.63) is 107 Å². The summed E-state index contributed by atoms with van der Waals surface area (Å²) in [6.07, 6.45) is 1.95. The molecule has 0 fully saturated rings. The molecule has 0 bridgehead atoms. The van der Waals surface area contributed by atoms with E-state index in [0.717, 1.165) is 56.4 Å². The van der Waals surface area contributed by atoms with Crippen molar-refractivity contribution in [3.8, 4) is 11.1 Å². The van der Waals surface area contributed by atoms with E-state index >= 15 is 0 Å². The first-order valence-electron chi connectivity index (χ1n) is 10.9. The lowest BCUT2D eigenvalue weighted by Crippen LogP contribution is -2.07. The molecule has 34 heavy (non-hydrogen) atoms. The maximum Gasteiger partial charge on any atom is 0.159 e. The van der Waals surface area contributed by atoms with Crippen LogP contribution in [0.1, 0.15) is 41.7 Å². The molecule has 0 saturated carbocycles. The molecule has 0 amide bonds. The van der Waals surface area contributed by atoms with Crippen molar-refractivity contribution in [2.45, 2.75) is 27.7 Å². The summed E-state index contributed by atoms with van der Waals surface area (Å²) in [6, 6.07) is 13.7. The molecule has 5 heteroatoms. The van der Waals surface area contributed by atoms with E-state index in [1.165, 1.54) is 6.07 Å². The molecule has 0 aliphatic heterocycles. The van der Waals surface area contributed by atoms with Gasteiger partial charge in [-0.05, 0) is 85.8 Å². The predicted octanol–water partition coefficient (Wildman–Crippen LogP) is 7.93. The van der Waals surface area contributed by atoms with Gasteiger partial charge in [0.25, 0.3) is 0 Å². The van der Waals surface area contributed by atoms with Crippen LogP contribution < -0.4 is 10.7 Å². The first-order valence-corrected chi connectivity index (χ1v) is 10.9. The molecule has 3 nitrogen and oxygen atoms in total. The molecule has 0 heterocycles. The minimum Gasteiger partial charge on any atom is -0.355 e. The maximum absolute atomic E-state index is 13.8. The number of rotatable bonds is 8. The predicted molar refractivity (Wildman–Crippen MR) is 141 cm³/mol. The molecule has 0 radical (unpaired) electrons. The fourth-order valence-corrected chi connectivity index (χ4v) is 3.86. The molecule has 0 aliphatic carbocycles. The van der Waals surface area contributed by atoms with Gasteiger partial charge in [0.2, 0.25) is 0 Å². The van der Waals surface area contributed by atoms with Gasteiger partial charge in [-0.3, -0.25) is 5.43 Å². The van der Waals surface area contributed by atoms with Crippen molar-refractivity contribution in [1.29, 1.82) is 0 Å². The molecule has 3 rings (SSSR count). The quantitative estimate of drug-likeness (QED) is 0.266. The van der Waals surface area contributed by atoms with Gasteiger partial charge in [-0.1, -0.05) is 43.0 Å². The number of anilines is 1. The Balaban J connectivity index is 2.01. The third kappa shape index (κ3) is 5.15. The Morgan fingerprint density at radius 2 is 1.53 bits per heavy atom. The van der Waals surface area contributed by atoms with Gasteiger partial charge in [0.05, 0.1) is 5.70 Å². The number of hydrogen-bond acceptors (Lipinski definition) is 3. The molecule has 0 saturated heterocycles. The fourth-order valence-electron chi connectivity index (χ4n) is 3.86. The molecule has 0 atom stereocenters. The van der Waals surface area contributed by atoms with Gasteiger partial charge in [0, 0.05) is 29.2 Å². The summed E-state index contributed by atoms with van der Waals surface area (Å²) in [5.41, 5.74) is 12.5. The topological polar surface area (TPSA) is 36.4 Å². The van der Waals surface area contributed by atoms with E-state index in [9.17, 15) is 8.78 Å². The van der Waals surface area contributed by atoms with Crippen molar-refractivity contribution in [2.75, 3.05) is 5.32 Å². The lowest BCUT2D eigenvalue weighted by Gasteiger charge is -2.19. The molecular formula is C29H29F2N3. The van der Waals surface area contributed by atoms with Crippen LogP contribution in [0.25, 0.3) is 28.1 Å². The summed E-state index contributed by atoms with van der Waals surface area (Å²) >= 11 is 0. The summed E-state index contributed by atoms with van der Waals surface area (Å²) in [5.74, 6) is -1.75. The average Bonchev–Trinajstić information content (AvgIpc) is 2.81. The van der Waals surface area contributed by atoms with E-state index in [1.54, 1.807) is 6.07 Å². The van der Waals surface area contributed by atoms with E-state index in [-0.39, 0.29) is 0 Å². The van der Waals surface area contributed by atoms with Crippen molar-refractivity contribution in [1.82, 2.24) is 5.43 Å². The molecule has 0 aliphatic rings. The van der Waals surface area contributed by atoms with E-state index in [4.69, 9.17) is 0 Å². The lowest BCUT2D eigenvalue weighted by molar-refractivity contribution is 0.509. The summed E-state index contributed by atoms with van der Waals surface area (Å²) < 4.78 is 27.3. The Kier molecular flexibility index (Phi) is 7.47. The summed E-state index contributed by atoms with van der Waals surface area (Å²) in [5, 5.41) is 7.22. The number of allylic oxidation sites excluding steroid dienone is 2. The van der Waals surface area contributed by atoms with Crippen LogP contribution in [0.3, 0.4) is 0 Å². The second kappa shape index (κ2) is 10.3. The van der Waals surface area contributed by atoms with E-state index in [0.29, 0.717) is 11.3 Å². The number of benzene rings is 3. The normalized spacial score (nSPS) is 11.2. The van der Waals surface area contributed by atoms with Crippen LogP contribution >= 0.6 is 0 Å². The van der Waals surface area contributed by atoms with Gasteiger partial charge >= 0.3 is 0 Å².